The first kappa shape index (κ1) is 20.4. The average molecular weight is 431 g/mol. The van der Waals surface area contributed by atoms with E-state index in [2.05, 4.69) is 5.32 Å². The van der Waals surface area contributed by atoms with Crippen molar-refractivity contribution in [2.75, 3.05) is 19.6 Å². The van der Waals surface area contributed by atoms with E-state index >= 15 is 0 Å². The Bertz CT molecular complexity index is 1090. The molecule has 5 rings (SSSR count). The molecule has 2 aromatic carbocycles. The van der Waals surface area contributed by atoms with Crippen LogP contribution in [0.1, 0.15) is 40.7 Å². The van der Waals surface area contributed by atoms with Crippen molar-refractivity contribution in [1.82, 2.24) is 15.1 Å². The number of fused-ring (bicyclic) bond motifs is 2. The predicted molar refractivity (Wildman–Crippen MR) is 117 cm³/mol. The number of hydrogen-bond acceptors (Lipinski definition) is 4. The molecule has 164 valence electrons. The van der Waals surface area contributed by atoms with Gasteiger partial charge >= 0.3 is 6.03 Å². The third kappa shape index (κ3) is 3.28. The third-order valence-corrected chi connectivity index (χ3v) is 6.99. The van der Waals surface area contributed by atoms with Crippen molar-refractivity contribution < 1.29 is 19.2 Å². The highest BCUT2D eigenvalue weighted by Crippen LogP contribution is 2.41. The summed E-state index contributed by atoms with van der Waals surface area (Å²) < 4.78 is 0. The Morgan fingerprint density at radius 2 is 1.66 bits per heavy atom. The summed E-state index contributed by atoms with van der Waals surface area (Å²) >= 11 is 0. The Morgan fingerprint density at radius 1 is 0.969 bits per heavy atom. The van der Waals surface area contributed by atoms with Crippen LogP contribution in [0.15, 0.2) is 54.6 Å². The summed E-state index contributed by atoms with van der Waals surface area (Å²) in [6.45, 7) is 0.616. The lowest BCUT2D eigenvalue weighted by molar-refractivity contribution is -0.139. The standard InChI is InChI=1S/C25H25N3O4/c29-21(27-14-11-19(12-15-27)22(30)18-7-2-1-3-8-18)16-28-23(31)25(26-24(28)32)13-10-17-6-4-5-9-20(17)25/h1-9,19H,10-16H2,(H,26,32). The van der Waals surface area contributed by atoms with Crippen LogP contribution in [0.5, 0.6) is 0 Å². The first-order valence-corrected chi connectivity index (χ1v) is 11.1. The molecule has 1 spiro atoms. The molecule has 7 heteroatoms. The van der Waals surface area contributed by atoms with Crippen LogP contribution in [0.25, 0.3) is 0 Å². The Hall–Kier alpha value is -3.48. The molecule has 1 N–H and O–H groups in total. The van der Waals surface area contributed by atoms with Crippen LogP contribution in [0.3, 0.4) is 0 Å². The number of ketones is 1. The van der Waals surface area contributed by atoms with E-state index in [0.29, 0.717) is 44.3 Å². The maximum atomic E-state index is 13.2. The lowest BCUT2D eigenvalue weighted by atomic mass is 9.89. The molecule has 7 nitrogen and oxygen atoms in total. The van der Waals surface area contributed by atoms with Crippen LogP contribution in [0.4, 0.5) is 4.79 Å². The van der Waals surface area contributed by atoms with Crippen molar-refractivity contribution >= 4 is 23.6 Å². The molecule has 0 saturated carbocycles. The van der Waals surface area contributed by atoms with Crippen LogP contribution >= 0.6 is 0 Å². The highest BCUT2D eigenvalue weighted by Gasteiger charge is 2.55. The number of imide groups is 1. The lowest BCUT2D eigenvalue weighted by Crippen LogP contribution is -2.47. The molecule has 0 bridgehead atoms. The molecule has 1 atom stereocenters. The van der Waals surface area contributed by atoms with Gasteiger partial charge in [-0.1, -0.05) is 54.6 Å². The van der Waals surface area contributed by atoms with Gasteiger partial charge in [0, 0.05) is 24.6 Å². The molecule has 1 unspecified atom stereocenters. The number of carbonyl (C=O) groups is 4. The molecular formula is C25H25N3O4. The van der Waals surface area contributed by atoms with E-state index in [4.69, 9.17) is 0 Å². The summed E-state index contributed by atoms with van der Waals surface area (Å²) in [5.74, 6) is -0.623. The van der Waals surface area contributed by atoms with Gasteiger partial charge in [0.05, 0.1) is 0 Å². The van der Waals surface area contributed by atoms with E-state index in [9.17, 15) is 19.2 Å². The van der Waals surface area contributed by atoms with Crippen LogP contribution in [0, 0.1) is 5.92 Å². The number of piperidine rings is 1. The molecule has 0 radical (unpaired) electrons. The van der Waals surface area contributed by atoms with Gasteiger partial charge in [-0.15, -0.1) is 0 Å². The quantitative estimate of drug-likeness (QED) is 0.595. The Kier molecular flexibility index (Phi) is 5.04. The second-order valence-electron chi connectivity index (χ2n) is 8.77. The zero-order valence-corrected chi connectivity index (χ0v) is 17.8. The fourth-order valence-electron chi connectivity index (χ4n) is 5.20. The summed E-state index contributed by atoms with van der Waals surface area (Å²) in [5, 5.41) is 2.86. The summed E-state index contributed by atoms with van der Waals surface area (Å²) in [4.78, 5) is 54.2. The van der Waals surface area contributed by atoms with Crippen LogP contribution < -0.4 is 5.32 Å². The summed E-state index contributed by atoms with van der Waals surface area (Å²) in [7, 11) is 0. The molecule has 2 aliphatic heterocycles. The zero-order chi connectivity index (χ0) is 22.3. The van der Waals surface area contributed by atoms with Crippen LogP contribution in [-0.2, 0) is 21.5 Å². The van der Waals surface area contributed by atoms with Crippen molar-refractivity contribution in [2.24, 2.45) is 5.92 Å². The van der Waals surface area contributed by atoms with Gasteiger partial charge in [0.2, 0.25) is 5.91 Å². The van der Waals surface area contributed by atoms with Crippen molar-refractivity contribution in [3.05, 3.63) is 71.3 Å². The first-order valence-electron chi connectivity index (χ1n) is 11.1. The molecule has 32 heavy (non-hydrogen) atoms. The van der Waals surface area contributed by atoms with Gasteiger partial charge in [-0.2, -0.15) is 0 Å². The molecule has 2 heterocycles. The summed E-state index contributed by atoms with van der Waals surface area (Å²) in [6, 6.07) is 16.3. The monoisotopic (exact) mass is 431 g/mol. The Labute approximate surface area is 186 Å². The molecule has 2 aromatic rings. The fourth-order valence-corrected chi connectivity index (χ4v) is 5.20. The maximum Gasteiger partial charge on any atom is 0.325 e. The SMILES string of the molecule is O=C(c1ccccc1)C1CCN(C(=O)CN2C(=O)NC3(CCc4ccccc43)C2=O)CC1. The lowest BCUT2D eigenvalue weighted by Gasteiger charge is -2.32. The smallest absolute Gasteiger partial charge is 0.325 e. The number of carbonyl (C=O) groups excluding carboxylic acids is 4. The van der Waals surface area contributed by atoms with Crippen LogP contribution in [0.2, 0.25) is 0 Å². The number of nitrogens with zero attached hydrogens (tertiary/aromatic N) is 2. The third-order valence-electron chi connectivity index (χ3n) is 6.99. The van der Waals surface area contributed by atoms with Crippen molar-refractivity contribution in [1.29, 1.82) is 0 Å². The fraction of sp³-hybridized carbons (Fsp3) is 0.360. The normalized spacial score (nSPS) is 22.9. The molecule has 3 aliphatic rings. The number of benzene rings is 2. The average Bonchev–Trinajstić information content (AvgIpc) is 3.32. The van der Waals surface area contributed by atoms with Crippen LogP contribution in [-0.4, -0.2) is 53.1 Å². The van der Waals surface area contributed by atoms with E-state index in [1.54, 1.807) is 4.90 Å². The van der Waals surface area contributed by atoms with Gasteiger partial charge in [0.1, 0.15) is 12.1 Å². The molecule has 2 fully saturated rings. The van der Waals surface area contributed by atoms with Gasteiger partial charge in [-0.05, 0) is 36.8 Å². The number of likely N-dealkylation sites (tertiary alicyclic amines) is 1. The minimum atomic E-state index is -1.05. The molecule has 1 aliphatic carbocycles. The predicted octanol–water partition coefficient (Wildman–Crippen LogP) is 2.50. The second kappa shape index (κ2) is 7.89. The second-order valence-corrected chi connectivity index (χ2v) is 8.77. The zero-order valence-electron chi connectivity index (χ0n) is 17.8. The summed E-state index contributed by atoms with van der Waals surface area (Å²) in [5.41, 5.74) is 1.52. The van der Waals surface area contributed by atoms with E-state index in [-0.39, 0.29) is 30.1 Å². The van der Waals surface area contributed by atoms with Gasteiger partial charge in [-0.25, -0.2) is 4.79 Å². The molecule has 4 amide bonds. The number of aryl methyl sites for hydroxylation is 1. The number of urea groups is 1. The van der Waals surface area contributed by atoms with Gasteiger partial charge in [0.15, 0.2) is 5.78 Å². The topological polar surface area (TPSA) is 86.8 Å². The minimum Gasteiger partial charge on any atom is -0.341 e. The van der Waals surface area contributed by atoms with Gasteiger partial charge < -0.3 is 10.2 Å². The van der Waals surface area contributed by atoms with Gasteiger partial charge in [0.25, 0.3) is 5.91 Å². The van der Waals surface area contributed by atoms with Gasteiger partial charge in [-0.3, -0.25) is 19.3 Å². The Morgan fingerprint density at radius 3 is 2.41 bits per heavy atom. The molecule has 2 saturated heterocycles. The first-order chi connectivity index (χ1) is 15.5. The highest BCUT2D eigenvalue weighted by molar-refractivity contribution is 6.10. The number of nitrogens with one attached hydrogen (secondary N) is 1. The Balaban J connectivity index is 1.22. The van der Waals surface area contributed by atoms with Crippen molar-refractivity contribution in [3.8, 4) is 0 Å². The minimum absolute atomic E-state index is 0.105. The van der Waals surface area contributed by atoms with E-state index in [0.717, 1.165) is 16.0 Å². The molecular weight excluding hydrogens is 406 g/mol. The molecule has 0 aromatic heterocycles. The van der Waals surface area contributed by atoms with E-state index in [1.165, 1.54) is 0 Å². The van der Waals surface area contributed by atoms with E-state index in [1.807, 2.05) is 54.6 Å². The van der Waals surface area contributed by atoms with E-state index < -0.39 is 11.6 Å². The number of rotatable bonds is 4. The maximum absolute atomic E-state index is 13.2. The number of amides is 4. The number of Topliss-reactive ketones (excluding diaryl/α,β-unsaturated/α-hetero) is 1. The van der Waals surface area contributed by atoms with Crippen molar-refractivity contribution in [2.45, 2.75) is 31.2 Å². The largest absolute Gasteiger partial charge is 0.341 e. The highest BCUT2D eigenvalue weighted by atomic mass is 16.2. The summed E-state index contributed by atoms with van der Waals surface area (Å²) in [6.07, 6.45) is 2.38. The number of hydrogen-bond donors (Lipinski definition) is 1. The van der Waals surface area contributed by atoms with Crippen molar-refractivity contribution in [3.63, 3.8) is 0 Å².